The van der Waals surface area contributed by atoms with E-state index >= 15 is 0 Å². The molecular formula is C11H16N2O3S. The molecule has 0 aromatic carbocycles. The third-order valence-electron chi connectivity index (χ3n) is 2.32. The summed E-state index contributed by atoms with van der Waals surface area (Å²) in [6.45, 7) is 2.21. The molecule has 0 radical (unpaired) electrons. The number of carboxylic acid groups (broad SMARTS) is 1. The fraction of sp³-hybridized carbons (Fsp3) is 0.455. The summed E-state index contributed by atoms with van der Waals surface area (Å²) in [6.07, 6.45) is 0.369. The van der Waals surface area contributed by atoms with Gasteiger partial charge >= 0.3 is 12.0 Å². The van der Waals surface area contributed by atoms with Crippen LogP contribution in [0.1, 0.15) is 18.2 Å². The summed E-state index contributed by atoms with van der Waals surface area (Å²) in [5.74, 6) is -1.01. The standard InChI is InChI=1S/C11H16N2O3S/c1-3-9(10(14)15)12-11(16)13(2)7-8-5-4-6-17-8/h4-6,9H,3,7H2,1-2H3,(H,12,16)(H,14,15). The Hall–Kier alpha value is -1.56. The van der Waals surface area contributed by atoms with Crippen LogP contribution in [0.15, 0.2) is 17.5 Å². The minimum absolute atomic E-state index is 0.368. The number of carboxylic acids is 1. The molecule has 0 aliphatic rings. The summed E-state index contributed by atoms with van der Waals surface area (Å²) in [5, 5.41) is 13.2. The highest BCUT2D eigenvalue weighted by Crippen LogP contribution is 2.10. The van der Waals surface area contributed by atoms with Crippen molar-refractivity contribution in [1.29, 1.82) is 0 Å². The van der Waals surface area contributed by atoms with E-state index in [4.69, 9.17) is 5.11 Å². The number of amides is 2. The Kier molecular flexibility index (Phi) is 4.96. The number of aliphatic carboxylic acids is 1. The first-order valence-corrected chi connectivity index (χ1v) is 6.19. The van der Waals surface area contributed by atoms with E-state index in [-0.39, 0.29) is 6.03 Å². The third-order valence-corrected chi connectivity index (χ3v) is 3.19. The van der Waals surface area contributed by atoms with Crippen molar-refractivity contribution in [3.63, 3.8) is 0 Å². The summed E-state index contributed by atoms with van der Waals surface area (Å²) in [6, 6.07) is 2.65. The lowest BCUT2D eigenvalue weighted by atomic mass is 10.2. The fourth-order valence-corrected chi connectivity index (χ4v) is 2.06. The zero-order valence-corrected chi connectivity index (χ0v) is 10.7. The Morgan fingerprint density at radius 3 is 2.76 bits per heavy atom. The van der Waals surface area contributed by atoms with Crippen LogP contribution >= 0.6 is 11.3 Å². The first-order valence-electron chi connectivity index (χ1n) is 5.31. The molecule has 5 nitrogen and oxygen atoms in total. The van der Waals surface area contributed by atoms with E-state index < -0.39 is 12.0 Å². The van der Waals surface area contributed by atoms with E-state index in [0.29, 0.717) is 13.0 Å². The van der Waals surface area contributed by atoms with Gasteiger partial charge in [0.25, 0.3) is 0 Å². The van der Waals surface area contributed by atoms with Gasteiger partial charge in [-0.25, -0.2) is 9.59 Å². The number of hydrogen-bond acceptors (Lipinski definition) is 3. The minimum Gasteiger partial charge on any atom is -0.480 e. The maximum Gasteiger partial charge on any atom is 0.326 e. The normalized spacial score (nSPS) is 11.9. The zero-order valence-electron chi connectivity index (χ0n) is 9.84. The van der Waals surface area contributed by atoms with Crippen molar-refractivity contribution < 1.29 is 14.7 Å². The molecule has 1 heterocycles. The molecule has 2 N–H and O–H groups in total. The summed E-state index contributed by atoms with van der Waals surface area (Å²) in [7, 11) is 1.64. The second kappa shape index (κ2) is 6.24. The summed E-state index contributed by atoms with van der Waals surface area (Å²) in [4.78, 5) is 25.0. The third kappa shape index (κ3) is 4.07. The number of hydrogen-bond donors (Lipinski definition) is 2. The van der Waals surface area contributed by atoms with Crippen LogP contribution in [0.2, 0.25) is 0 Å². The lowest BCUT2D eigenvalue weighted by molar-refractivity contribution is -0.139. The van der Waals surface area contributed by atoms with Crippen molar-refractivity contribution in [3.8, 4) is 0 Å². The maximum absolute atomic E-state index is 11.7. The second-order valence-electron chi connectivity index (χ2n) is 3.68. The monoisotopic (exact) mass is 256 g/mol. The van der Waals surface area contributed by atoms with Gasteiger partial charge in [-0.3, -0.25) is 0 Å². The topological polar surface area (TPSA) is 69.6 Å². The van der Waals surface area contributed by atoms with Crippen LogP contribution in [0.5, 0.6) is 0 Å². The van der Waals surface area contributed by atoms with E-state index in [9.17, 15) is 9.59 Å². The Morgan fingerprint density at radius 2 is 2.29 bits per heavy atom. The first-order chi connectivity index (χ1) is 8.04. The van der Waals surface area contributed by atoms with Gasteiger partial charge < -0.3 is 15.3 Å². The number of thiophene rings is 1. The van der Waals surface area contributed by atoms with Gasteiger partial charge in [0.15, 0.2) is 0 Å². The molecule has 0 aliphatic carbocycles. The number of carbonyl (C=O) groups excluding carboxylic acids is 1. The lowest BCUT2D eigenvalue weighted by Crippen LogP contribution is -2.46. The second-order valence-corrected chi connectivity index (χ2v) is 4.72. The van der Waals surface area contributed by atoms with Gasteiger partial charge in [0.05, 0.1) is 6.54 Å². The highest BCUT2D eigenvalue weighted by molar-refractivity contribution is 7.09. The molecule has 0 aliphatic heterocycles. The molecule has 2 amide bonds. The average Bonchev–Trinajstić information content (AvgIpc) is 2.77. The molecule has 0 spiro atoms. The SMILES string of the molecule is CCC(NC(=O)N(C)Cc1cccs1)C(=O)O. The molecule has 17 heavy (non-hydrogen) atoms. The van der Waals surface area contributed by atoms with Gasteiger partial charge in [0.2, 0.25) is 0 Å². The molecule has 0 saturated heterocycles. The van der Waals surface area contributed by atoms with Gasteiger partial charge in [0, 0.05) is 11.9 Å². The molecule has 6 heteroatoms. The van der Waals surface area contributed by atoms with Crippen LogP contribution in [-0.4, -0.2) is 35.1 Å². The minimum atomic E-state index is -1.01. The molecule has 1 rings (SSSR count). The summed E-state index contributed by atoms with van der Waals surface area (Å²) in [5.41, 5.74) is 0. The number of nitrogens with zero attached hydrogens (tertiary/aromatic N) is 1. The number of urea groups is 1. The molecule has 0 fully saturated rings. The fourth-order valence-electron chi connectivity index (χ4n) is 1.31. The van der Waals surface area contributed by atoms with Crippen molar-refractivity contribution in [2.24, 2.45) is 0 Å². The molecular weight excluding hydrogens is 240 g/mol. The Labute approximate surface area is 104 Å². The lowest BCUT2D eigenvalue weighted by Gasteiger charge is -2.20. The van der Waals surface area contributed by atoms with Gasteiger partial charge in [-0.2, -0.15) is 0 Å². The van der Waals surface area contributed by atoms with Crippen LogP contribution in [0.3, 0.4) is 0 Å². The number of nitrogens with one attached hydrogen (secondary N) is 1. The van der Waals surface area contributed by atoms with Gasteiger partial charge in [-0.1, -0.05) is 13.0 Å². The van der Waals surface area contributed by atoms with Gasteiger partial charge in [-0.05, 0) is 17.9 Å². The molecule has 1 aromatic heterocycles. The van der Waals surface area contributed by atoms with Gasteiger partial charge in [0.1, 0.15) is 6.04 Å². The Bertz CT molecular complexity index is 378. The predicted molar refractivity (Wildman–Crippen MR) is 66.0 cm³/mol. The van der Waals surface area contributed by atoms with E-state index in [2.05, 4.69) is 5.32 Å². The average molecular weight is 256 g/mol. The summed E-state index contributed by atoms with van der Waals surface area (Å²) < 4.78 is 0. The van der Waals surface area contributed by atoms with Crippen molar-refractivity contribution >= 4 is 23.3 Å². The highest BCUT2D eigenvalue weighted by Gasteiger charge is 2.19. The van der Waals surface area contributed by atoms with Crippen molar-refractivity contribution in [2.45, 2.75) is 25.9 Å². The largest absolute Gasteiger partial charge is 0.480 e. The van der Waals surface area contributed by atoms with Crippen LogP contribution in [0.4, 0.5) is 4.79 Å². The number of rotatable bonds is 5. The van der Waals surface area contributed by atoms with Crippen LogP contribution in [-0.2, 0) is 11.3 Å². The first kappa shape index (κ1) is 13.5. The Morgan fingerprint density at radius 1 is 1.59 bits per heavy atom. The molecule has 1 atom stereocenters. The van der Waals surface area contributed by atoms with Crippen molar-refractivity contribution in [3.05, 3.63) is 22.4 Å². The number of carbonyl (C=O) groups is 2. The predicted octanol–water partition coefficient (Wildman–Crippen LogP) is 1.75. The van der Waals surface area contributed by atoms with Crippen LogP contribution in [0.25, 0.3) is 0 Å². The van der Waals surface area contributed by atoms with E-state index in [0.717, 1.165) is 4.88 Å². The van der Waals surface area contributed by atoms with Crippen molar-refractivity contribution in [2.75, 3.05) is 7.05 Å². The molecule has 94 valence electrons. The Balaban J connectivity index is 2.49. The van der Waals surface area contributed by atoms with E-state index in [1.807, 2.05) is 17.5 Å². The molecule has 1 aromatic rings. The van der Waals surface area contributed by atoms with E-state index in [1.54, 1.807) is 25.3 Å². The molecule has 1 unspecified atom stereocenters. The van der Waals surface area contributed by atoms with E-state index in [1.165, 1.54) is 4.90 Å². The van der Waals surface area contributed by atoms with Crippen molar-refractivity contribution in [1.82, 2.24) is 10.2 Å². The molecule has 0 saturated carbocycles. The zero-order chi connectivity index (χ0) is 12.8. The summed E-state index contributed by atoms with van der Waals surface area (Å²) >= 11 is 1.56. The quantitative estimate of drug-likeness (QED) is 0.843. The highest BCUT2D eigenvalue weighted by atomic mass is 32.1. The maximum atomic E-state index is 11.7. The smallest absolute Gasteiger partial charge is 0.326 e. The van der Waals surface area contributed by atoms with Gasteiger partial charge in [-0.15, -0.1) is 11.3 Å². The van der Waals surface area contributed by atoms with Crippen LogP contribution < -0.4 is 5.32 Å². The molecule has 0 bridgehead atoms. The van der Waals surface area contributed by atoms with Crippen LogP contribution in [0, 0.1) is 0 Å².